The topological polar surface area (TPSA) is 71.6 Å². The van der Waals surface area contributed by atoms with Crippen molar-refractivity contribution in [3.8, 4) is 11.5 Å². The van der Waals surface area contributed by atoms with E-state index in [-0.39, 0.29) is 11.2 Å². The van der Waals surface area contributed by atoms with Crippen molar-refractivity contribution in [1.82, 2.24) is 10.9 Å². The molecule has 0 aromatic heterocycles. The second kappa shape index (κ2) is 9.03. The highest BCUT2D eigenvalue weighted by molar-refractivity contribution is 7.80. The Labute approximate surface area is 156 Å². The van der Waals surface area contributed by atoms with Crippen LogP contribution in [0.25, 0.3) is 0 Å². The van der Waals surface area contributed by atoms with Crippen LogP contribution in [0, 0.1) is 23.3 Å². The second-order valence-electron chi connectivity index (χ2n) is 4.95. The zero-order valence-corrected chi connectivity index (χ0v) is 14.6. The predicted molar refractivity (Wildman–Crippen MR) is 92.3 cm³/mol. The number of methoxy groups -OCH3 is 1. The number of hydrogen-bond donors (Lipinski definition) is 3. The highest BCUT2D eigenvalue weighted by atomic mass is 32.1. The number of nitrogens with one attached hydrogen (secondary N) is 3. The van der Waals surface area contributed by atoms with Gasteiger partial charge in [-0.05, 0) is 24.4 Å². The first kappa shape index (κ1) is 20.2. The molecule has 2 aromatic rings. The molecule has 0 saturated heterocycles. The maximum atomic E-state index is 13.4. The summed E-state index contributed by atoms with van der Waals surface area (Å²) in [5, 5.41) is 2.74. The molecule has 11 heteroatoms. The summed E-state index contributed by atoms with van der Waals surface area (Å²) in [7, 11) is 1.49. The molecule has 0 heterocycles. The number of carbonyl (C=O) groups is 1. The average molecular weight is 403 g/mol. The molecule has 0 radical (unpaired) electrons. The predicted octanol–water partition coefficient (Wildman–Crippen LogP) is 2.65. The van der Waals surface area contributed by atoms with Crippen molar-refractivity contribution in [3.63, 3.8) is 0 Å². The molecule has 27 heavy (non-hydrogen) atoms. The Kier molecular flexibility index (Phi) is 6.77. The Hall–Kier alpha value is -3.08. The number of amides is 1. The Bertz CT molecular complexity index is 841. The van der Waals surface area contributed by atoms with Gasteiger partial charge in [-0.25, -0.2) is 8.78 Å². The maximum Gasteiger partial charge on any atom is 0.276 e. The van der Waals surface area contributed by atoms with Crippen molar-refractivity contribution >= 4 is 28.9 Å². The number of halogens is 4. The fourth-order valence-electron chi connectivity index (χ4n) is 1.84. The van der Waals surface area contributed by atoms with E-state index in [9.17, 15) is 22.4 Å². The molecule has 0 fully saturated rings. The fourth-order valence-corrected chi connectivity index (χ4v) is 2.01. The molecule has 2 aromatic carbocycles. The summed E-state index contributed by atoms with van der Waals surface area (Å²) in [5.41, 5.74) is 4.98. The monoisotopic (exact) mass is 403 g/mol. The summed E-state index contributed by atoms with van der Waals surface area (Å²) in [6, 6.07) is 6.78. The lowest BCUT2D eigenvalue weighted by Crippen LogP contribution is -2.45. The normalized spacial score (nSPS) is 10.1. The molecule has 0 atom stereocenters. The molecule has 2 rings (SSSR count). The summed E-state index contributed by atoms with van der Waals surface area (Å²) in [6.07, 6.45) is 0. The molecule has 0 spiro atoms. The van der Waals surface area contributed by atoms with Crippen LogP contribution >= 0.6 is 12.2 Å². The summed E-state index contributed by atoms with van der Waals surface area (Å²) in [6.45, 7) is -0.925. The quantitative estimate of drug-likeness (QED) is 0.309. The third-order valence-electron chi connectivity index (χ3n) is 3.06. The van der Waals surface area contributed by atoms with E-state index in [0.717, 1.165) is 0 Å². The zero-order chi connectivity index (χ0) is 20.0. The highest BCUT2D eigenvalue weighted by Crippen LogP contribution is 2.26. The molecule has 0 unspecified atom stereocenters. The van der Waals surface area contributed by atoms with Gasteiger partial charge < -0.3 is 14.8 Å². The van der Waals surface area contributed by atoms with Crippen molar-refractivity contribution in [1.29, 1.82) is 0 Å². The van der Waals surface area contributed by atoms with Crippen LogP contribution in [-0.2, 0) is 4.79 Å². The minimum Gasteiger partial charge on any atom is -0.497 e. The smallest absolute Gasteiger partial charge is 0.276 e. The van der Waals surface area contributed by atoms with Crippen molar-refractivity contribution in [2.75, 3.05) is 19.0 Å². The van der Waals surface area contributed by atoms with E-state index in [1.165, 1.54) is 7.11 Å². The van der Waals surface area contributed by atoms with E-state index >= 15 is 0 Å². The lowest BCUT2D eigenvalue weighted by molar-refractivity contribution is -0.123. The van der Waals surface area contributed by atoms with Gasteiger partial charge in [0.1, 0.15) is 5.75 Å². The molecular weight excluding hydrogens is 390 g/mol. The lowest BCUT2D eigenvalue weighted by Gasteiger charge is -2.13. The molecule has 0 aliphatic rings. The molecule has 0 bridgehead atoms. The SMILES string of the molecule is COc1cccc(NC(=S)NNC(=O)COc2c(F)c(F)cc(F)c2F)c1. The van der Waals surface area contributed by atoms with Crippen LogP contribution in [0.2, 0.25) is 0 Å². The summed E-state index contributed by atoms with van der Waals surface area (Å²) < 4.78 is 62.5. The first-order valence-corrected chi connectivity index (χ1v) is 7.68. The minimum atomic E-state index is -1.75. The Morgan fingerprint density at radius 1 is 1.07 bits per heavy atom. The molecule has 0 saturated carbocycles. The van der Waals surface area contributed by atoms with Gasteiger partial charge in [-0.15, -0.1) is 0 Å². The van der Waals surface area contributed by atoms with Crippen molar-refractivity contribution in [2.45, 2.75) is 0 Å². The Morgan fingerprint density at radius 3 is 2.37 bits per heavy atom. The van der Waals surface area contributed by atoms with E-state index < -0.39 is 41.5 Å². The van der Waals surface area contributed by atoms with Gasteiger partial charge in [0.25, 0.3) is 5.91 Å². The van der Waals surface area contributed by atoms with E-state index in [4.69, 9.17) is 17.0 Å². The maximum absolute atomic E-state index is 13.4. The third kappa shape index (κ3) is 5.45. The van der Waals surface area contributed by atoms with E-state index in [0.29, 0.717) is 11.4 Å². The largest absolute Gasteiger partial charge is 0.497 e. The number of anilines is 1. The number of rotatable bonds is 5. The van der Waals surface area contributed by atoms with Crippen molar-refractivity contribution in [3.05, 3.63) is 53.6 Å². The van der Waals surface area contributed by atoms with Crippen LogP contribution in [0.1, 0.15) is 0 Å². The third-order valence-corrected chi connectivity index (χ3v) is 3.27. The van der Waals surface area contributed by atoms with Gasteiger partial charge in [-0.3, -0.25) is 15.6 Å². The zero-order valence-electron chi connectivity index (χ0n) is 13.7. The van der Waals surface area contributed by atoms with E-state index in [2.05, 4.69) is 20.9 Å². The number of ether oxygens (including phenoxy) is 2. The molecular formula is C16H13F4N3O3S. The lowest BCUT2D eigenvalue weighted by atomic mass is 10.3. The standard InChI is InChI=1S/C16H13F4N3O3S/c1-25-9-4-2-3-8(5-9)21-16(27)23-22-12(24)7-26-15-13(19)10(17)6-11(18)14(15)20/h2-6H,7H2,1H3,(H,22,24)(H2,21,23,27). The highest BCUT2D eigenvalue weighted by Gasteiger charge is 2.21. The molecule has 3 N–H and O–H groups in total. The second-order valence-corrected chi connectivity index (χ2v) is 5.35. The molecule has 1 amide bonds. The number of hydrazine groups is 1. The van der Waals surface area contributed by atoms with Gasteiger partial charge in [-0.2, -0.15) is 8.78 Å². The number of thiocarbonyl (C=S) groups is 1. The van der Waals surface area contributed by atoms with Gasteiger partial charge in [0.2, 0.25) is 11.6 Å². The van der Waals surface area contributed by atoms with Crippen LogP contribution in [0.4, 0.5) is 23.2 Å². The average Bonchev–Trinajstić information content (AvgIpc) is 2.65. The van der Waals surface area contributed by atoms with Crippen LogP contribution in [0.15, 0.2) is 30.3 Å². The van der Waals surface area contributed by atoms with Gasteiger partial charge in [0.05, 0.1) is 7.11 Å². The van der Waals surface area contributed by atoms with E-state index in [1.807, 2.05) is 0 Å². The van der Waals surface area contributed by atoms with Crippen LogP contribution in [-0.4, -0.2) is 24.7 Å². The van der Waals surface area contributed by atoms with Gasteiger partial charge in [0, 0.05) is 17.8 Å². The summed E-state index contributed by atoms with van der Waals surface area (Å²) >= 11 is 4.95. The molecule has 6 nitrogen and oxygen atoms in total. The number of hydrogen-bond acceptors (Lipinski definition) is 4. The van der Waals surface area contributed by atoms with Crippen LogP contribution in [0.3, 0.4) is 0 Å². The first-order valence-electron chi connectivity index (χ1n) is 7.27. The summed E-state index contributed by atoms with van der Waals surface area (Å²) in [4.78, 5) is 11.6. The van der Waals surface area contributed by atoms with Crippen molar-refractivity contribution < 1.29 is 31.8 Å². The number of carbonyl (C=O) groups excluding carboxylic acids is 1. The molecule has 144 valence electrons. The minimum absolute atomic E-state index is 0.00855. The Morgan fingerprint density at radius 2 is 1.74 bits per heavy atom. The molecule has 0 aliphatic heterocycles. The van der Waals surface area contributed by atoms with Gasteiger partial charge >= 0.3 is 0 Å². The number of benzene rings is 2. The van der Waals surface area contributed by atoms with Crippen LogP contribution in [0.5, 0.6) is 11.5 Å². The Balaban J connectivity index is 1.85. The molecule has 0 aliphatic carbocycles. The summed E-state index contributed by atoms with van der Waals surface area (Å²) in [5.74, 6) is -8.45. The fraction of sp³-hybridized carbons (Fsp3) is 0.125. The van der Waals surface area contributed by atoms with E-state index in [1.54, 1.807) is 24.3 Å². The van der Waals surface area contributed by atoms with Gasteiger partial charge in [-0.1, -0.05) is 6.07 Å². The van der Waals surface area contributed by atoms with Gasteiger partial charge in [0.15, 0.2) is 29.1 Å². The van der Waals surface area contributed by atoms with Crippen molar-refractivity contribution in [2.24, 2.45) is 0 Å². The van der Waals surface area contributed by atoms with Crippen LogP contribution < -0.4 is 25.6 Å². The first-order chi connectivity index (χ1) is 12.8.